The quantitative estimate of drug-likeness (QED) is 0.874. The first-order valence-corrected chi connectivity index (χ1v) is 7.47. The van der Waals surface area contributed by atoms with E-state index in [4.69, 9.17) is 9.15 Å². The van der Waals surface area contributed by atoms with E-state index in [0.29, 0.717) is 13.2 Å². The molecule has 2 N–H and O–H groups in total. The van der Waals surface area contributed by atoms with Gasteiger partial charge in [-0.25, -0.2) is 0 Å². The van der Waals surface area contributed by atoms with Gasteiger partial charge in [-0.2, -0.15) is 0 Å². The number of nitrogens with one attached hydrogen (secondary N) is 2. The summed E-state index contributed by atoms with van der Waals surface area (Å²) in [5, 5.41) is 6.50. The largest absolute Gasteiger partial charge is 0.469 e. The molecule has 1 fully saturated rings. The van der Waals surface area contributed by atoms with Crippen LogP contribution in [0.1, 0.15) is 37.1 Å². The molecule has 0 radical (unpaired) electrons. The minimum Gasteiger partial charge on any atom is -0.469 e. The lowest BCUT2D eigenvalue weighted by Crippen LogP contribution is -2.45. The summed E-state index contributed by atoms with van der Waals surface area (Å²) in [6.07, 6.45) is 4.73. The van der Waals surface area contributed by atoms with Crippen molar-refractivity contribution in [1.82, 2.24) is 10.6 Å². The minimum atomic E-state index is -0.0905. The molecule has 110 valence electrons. The van der Waals surface area contributed by atoms with Gasteiger partial charge < -0.3 is 19.8 Å². The van der Waals surface area contributed by atoms with Crippen molar-refractivity contribution in [2.45, 2.75) is 38.3 Å². The number of fused-ring (bicyclic) bond motifs is 1. The van der Waals surface area contributed by atoms with Crippen molar-refractivity contribution in [3.05, 3.63) is 23.7 Å². The van der Waals surface area contributed by atoms with E-state index in [1.807, 2.05) is 13.0 Å². The average molecular weight is 278 g/mol. The number of carbonyl (C=O) groups excluding carboxylic acids is 1. The number of carbonyl (C=O) groups is 1. The molecule has 1 aromatic rings. The van der Waals surface area contributed by atoms with Crippen LogP contribution in [0.25, 0.3) is 0 Å². The Balaban J connectivity index is 1.65. The van der Waals surface area contributed by atoms with Crippen LogP contribution in [0.2, 0.25) is 0 Å². The summed E-state index contributed by atoms with van der Waals surface area (Å²) in [5.41, 5.74) is 1.14. The van der Waals surface area contributed by atoms with Crippen molar-refractivity contribution in [3.63, 3.8) is 0 Å². The molecular formula is C15H22N2O3. The average Bonchev–Trinajstić information content (AvgIpc) is 3.07. The molecule has 5 heteroatoms. The van der Waals surface area contributed by atoms with Crippen LogP contribution < -0.4 is 10.6 Å². The van der Waals surface area contributed by atoms with Gasteiger partial charge >= 0.3 is 0 Å². The van der Waals surface area contributed by atoms with Gasteiger partial charge in [-0.05, 0) is 25.5 Å². The fourth-order valence-electron chi connectivity index (χ4n) is 3.19. The van der Waals surface area contributed by atoms with Gasteiger partial charge in [0.25, 0.3) is 0 Å². The van der Waals surface area contributed by atoms with Crippen LogP contribution in [-0.4, -0.2) is 31.7 Å². The van der Waals surface area contributed by atoms with Gasteiger partial charge in [-0.15, -0.1) is 0 Å². The van der Waals surface area contributed by atoms with E-state index in [9.17, 15) is 4.79 Å². The third kappa shape index (κ3) is 2.60. The summed E-state index contributed by atoms with van der Waals surface area (Å²) in [4.78, 5) is 12.5. The molecule has 0 bridgehead atoms. The molecule has 20 heavy (non-hydrogen) atoms. The Labute approximate surface area is 119 Å². The SMILES string of the molecule is CCNC1COCC1C(=O)NC1CCCc2occc21. The molecule has 5 nitrogen and oxygen atoms in total. The zero-order valence-corrected chi connectivity index (χ0v) is 11.9. The molecule has 0 aromatic carbocycles. The first-order valence-electron chi connectivity index (χ1n) is 7.47. The maximum atomic E-state index is 12.5. The Morgan fingerprint density at radius 2 is 2.35 bits per heavy atom. The Morgan fingerprint density at radius 3 is 3.20 bits per heavy atom. The number of rotatable bonds is 4. The summed E-state index contributed by atoms with van der Waals surface area (Å²) >= 11 is 0. The van der Waals surface area contributed by atoms with Crippen LogP contribution >= 0.6 is 0 Å². The van der Waals surface area contributed by atoms with Crippen molar-refractivity contribution in [3.8, 4) is 0 Å². The number of amides is 1. The highest BCUT2D eigenvalue weighted by molar-refractivity contribution is 5.80. The maximum absolute atomic E-state index is 12.5. The van der Waals surface area contributed by atoms with E-state index >= 15 is 0 Å². The molecule has 0 spiro atoms. The van der Waals surface area contributed by atoms with E-state index in [0.717, 1.165) is 37.1 Å². The molecule has 1 amide bonds. The smallest absolute Gasteiger partial charge is 0.227 e. The topological polar surface area (TPSA) is 63.5 Å². The van der Waals surface area contributed by atoms with Gasteiger partial charge in [-0.1, -0.05) is 6.92 Å². The third-order valence-corrected chi connectivity index (χ3v) is 4.25. The van der Waals surface area contributed by atoms with Gasteiger partial charge in [0.15, 0.2) is 0 Å². The number of aryl methyl sites for hydroxylation is 1. The number of furan rings is 1. The fraction of sp³-hybridized carbons (Fsp3) is 0.667. The van der Waals surface area contributed by atoms with E-state index in [2.05, 4.69) is 10.6 Å². The van der Waals surface area contributed by atoms with Crippen molar-refractivity contribution in [1.29, 1.82) is 0 Å². The third-order valence-electron chi connectivity index (χ3n) is 4.25. The highest BCUT2D eigenvalue weighted by Crippen LogP contribution is 2.31. The van der Waals surface area contributed by atoms with Crippen LogP contribution in [0.5, 0.6) is 0 Å². The molecule has 2 aliphatic rings. The van der Waals surface area contributed by atoms with Crippen LogP contribution in [0.15, 0.2) is 16.7 Å². The number of hydrogen-bond donors (Lipinski definition) is 2. The molecule has 2 heterocycles. The van der Waals surface area contributed by atoms with Crippen LogP contribution in [-0.2, 0) is 16.0 Å². The molecule has 1 aliphatic heterocycles. The summed E-state index contributed by atoms with van der Waals surface area (Å²) in [6.45, 7) is 4.03. The zero-order valence-electron chi connectivity index (χ0n) is 11.9. The van der Waals surface area contributed by atoms with Crippen LogP contribution in [0.4, 0.5) is 0 Å². The van der Waals surface area contributed by atoms with E-state index in [-0.39, 0.29) is 23.9 Å². The lowest BCUT2D eigenvalue weighted by molar-refractivity contribution is -0.126. The number of likely N-dealkylation sites (N-methyl/N-ethyl adjacent to an activating group) is 1. The van der Waals surface area contributed by atoms with Crippen molar-refractivity contribution in [2.24, 2.45) is 5.92 Å². The highest BCUT2D eigenvalue weighted by Gasteiger charge is 2.35. The Hall–Kier alpha value is -1.33. The van der Waals surface area contributed by atoms with E-state index in [1.165, 1.54) is 0 Å². The van der Waals surface area contributed by atoms with Crippen molar-refractivity contribution in [2.75, 3.05) is 19.8 Å². The minimum absolute atomic E-state index is 0.0903. The molecule has 3 unspecified atom stereocenters. The maximum Gasteiger partial charge on any atom is 0.227 e. The molecule has 3 rings (SSSR count). The highest BCUT2D eigenvalue weighted by atomic mass is 16.5. The first-order chi connectivity index (χ1) is 9.79. The van der Waals surface area contributed by atoms with Crippen LogP contribution in [0, 0.1) is 5.92 Å². The second-order valence-corrected chi connectivity index (χ2v) is 5.56. The lowest BCUT2D eigenvalue weighted by atomic mass is 9.92. The summed E-state index contributed by atoms with van der Waals surface area (Å²) < 4.78 is 10.9. The first kappa shape index (κ1) is 13.6. The molecular weight excluding hydrogens is 256 g/mol. The predicted octanol–water partition coefficient (Wildman–Crippen LogP) is 1.40. The van der Waals surface area contributed by atoms with Crippen molar-refractivity contribution < 1.29 is 13.9 Å². The molecule has 1 saturated heterocycles. The number of hydrogen-bond acceptors (Lipinski definition) is 4. The summed E-state index contributed by atoms with van der Waals surface area (Å²) in [7, 11) is 0. The zero-order chi connectivity index (χ0) is 13.9. The van der Waals surface area contributed by atoms with Gasteiger partial charge in [0.05, 0.1) is 31.4 Å². The fourth-order valence-corrected chi connectivity index (χ4v) is 3.19. The Bertz CT molecular complexity index is 471. The summed E-state index contributed by atoms with van der Waals surface area (Å²) in [5.74, 6) is 1.02. The van der Waals surface area contributed by atoms with E-state index < -0.39 is 0 Å². The molecule has 0 saturated carbocycles. The van der Waals surface area contributed by atoms with Crippen LogP contribution in [0.3, 0.4) is 0 Å². The predicted molar refractivity (Wildman–Crippen MR) is 74.3 cm³/mol. The van der Waals surface area contributed by atoms with Gasteiger partial charge in [0.1, 0.15) is 5.76 Å². The van der Waals surface area contributed by atoms with Gasteiger partial charge in [0, 0.05) is 18.0 Å². The second kappa shape index (κ2) is 5.97. The van der Waals surface area contributed by atoms with Crippen molar-refractivity contribution >= 4 is 5.91 Å². The molecule has 1 aliphatic carbocycles. The number of ether oxygens (including phenoxy) is 1. The molecule has 1 aromatic heterocycles. The van der Waals surface area contributed by atoms with Gasteiger partial charge in [-0.3, -0.25) is 4.79 Å². The normalized spacial score (nSPS) is 29.1. The Morgan fingerprint density at radius 1 is 1.45 bits per heavy atom. The Kier molecular flexibility index (Phi) is 4.08. The van der Waals surface area contributed by atoms with Gasteiger partial charge in [0.2, 0.25) is 5.91 Å². The lowest BCUT2D eigenvalue weighted by Gasteiger charge is -2.25. The van der Waals surface area contributed by atoms with E-state index in [1.54, 1.807) is 6.26 Å². The summed E-state index contributed by atoms with van der Waals surface area (Å²) in [6, 6.07) is 2.20. The second-order valence-electron chi connectivity index (χ2n) is 5.56. The monoisotopic (exact) mass is 278 g/mol. The molecule has 3 atom stereocenters. The standard InChI is InChI=1S/C15H22N2O3/c1-2-16-13-9-19-8-11(13)15(18)17-12-4-3-5-14-10(12)6-7-20-14/h6-7,11-13,16H,2-5,8-9H2,1H3,(H,17,18).